The fraction of sp³-hybridized carbons (Fsp3) is 0.125. The van der Waals surface area contributed by atoms with Crippen molar-refractivity contribution < 1.29 is 18.7 Å². The van der Waals surface area contributed by atoms with Crippen LogP contribution < -0.4 is 5.32 Å². The fourth-order valence-corrected chi connectivity index (χ4v) is 0.781. The molecule has 5 heteroatoms. The first kappa shape index (κ1) is 9.60. The van der Waals surface area contributed by atoms with E-state index in [-0.39, 0.29) is 5.69 Å². The molecular formula is C8H7F2NO2. The van der Waals surface area contributed by atoms with E-state index in [2.05, 4.69) is 5.32 Å². The number of carbonyl (C=O) groups is 1. The Morgan fingerprint density at radius 1 is 1.46 bits per heavy atom. The summed E-state index contributed by atoms with van der Waals surface area (Å²) in [6.45, 7) is -0.739. The summed E-state index contributed by atoms with van der Waals surface area (Å²) in [5.41, 5.74) is -0.152. The maximum absolute atomic E-state index is 12.8. The highest BCUT2D eigenvalue weighted by molar-refractivity contribution is 5.91. The predicted molar refractivity (Wildman–Crippen MR) is 42.1 cm³/mol. The minimum Gasteiger partial charge on any atom is -0.387 e. The van der Waals surface area contributed by atoms with Crippen LogP contribution in [0.25, 0.3) is 0 Å². The number of halogens is 2. The van der Waals surface area contributed by atoms with Gasteiger partial charge in [0.1, 0.15) is 18.2 Å². The lowest BCUT2D eigenvalue weighted by Gasteiger charge is -2.03. The van der Waals surface area contributed by atoms with Gasteiger partial charge in [0.25, 0.3) is 0 Å². The van der Waals surface area contributed by atoms with E-state index in [0.717, 1.165) is 12.1 Å². The average molecular weight is 187 g/mol. The van der Waals surface area contributed by atoms with Crippen molar-refractivity contribution in [3.63, 3.8) is 0 Å². The van der Waals surface area contributed by atoms with Crippen LogP contribution in [-0.2, 0) is 4.79 Å². The van der Waals surface area contributed by atoms with Gasteiger partial charge in [0.05, 0.1) is 5.69 Å². The summed E-state index contributed by atoms with van der Waals surface area (Å²) in [4.78, 5) is 10.6. The van der Waals surface area contributed by atoms with Crippen molar-refractivity contribution in [2.45, 2.75) is 0 Å². The van der Waals surface area contributed by atoms with Gasteiger partial charge in [-0.3, -0.25) is 4.79 Å². The molecule has 3 nitrogen and oxygen atoms in total. The highest BCUT2D eigenvalue weighted by atomic mass is 19.1. The van der Waals surface area contributed by atoms with Crippen molar-refractivity contribution >= 4 is 11.6 Å². The smallest absolute Gasteiger partial charge is 0.250 e. The van der Waals surface area contributed by atoms with E-state index in [9.17, 15) is 13.6 Å². The average Bonchev–Trinajstić information content (AvgIpc) is 2.09. The minimum absolute atomic E-state index is 0.152. The Kier molecular flexibility index (Phi) is 2.92. The normalized spacial score (nSPS) is 9.77. The second kappa shape index (κ2) is 3.95. The highest BCUT2D eigenvalue weighted by Gasteiger charge is 2.06. The largest absolute Gasteiger partial charge is 0.387 e. The van der Waals surface area contributed by atoms with Crippen molar-refractivity contribution in [3.8, 4) is 0 Å². The van der Waals surface area contributed by atoms with Crippen LogP contribution in [-0.4, -0.2) is 17.6 Å². The number of hydrogen-bond acceptors (Lipinski definition) is 2. The van der Waals surface area contributed by atoms with Gasteiger partial charge in [-0.05, 0) is 12.1 Å². The third-order valence-electron chi connectivity index (χ3n) is 1.35. The molecule has 70 valence electrons. The van der Waals surface area contributed by atoms with E-state index in [1.165, 1.54) is 0 Å². The van der Waals surface area contributed by atoms with Crippen molar-refractivity contribution in [1.82, 2.24) is 0 Å². The van der Waals surface area contributed by atoms with Gasteiger partial charge in [0.15, 0.2) is 0 Å². The number of aliphatic hydroxyl groups is 1. The third kappa shape index (κ3) is 2.48. The first-order valence-corrected chi connectivity index (χ1v) is 3.49. The number of amides is 1. The zero-order chi connectivity index (χ0) is 9.84. The molecule has 0 saturated heterocycles. The number of rotatable bonds is 2. The van der Waals surface area contributed by atoms with Crippen molar-refractivity contribution in [3.05, 3.63) is 29.8 Å². The van der Waals surface area contributed by atoms with Crippen LogP contribution in [0.4, 0.5) is 14.5 Å². The summed E-state index contributed by atoms with van der Waals surface area (Å²) in [6.07, 6.45) is 0. The zero-order valence-corrected chi connectivity index (χ0v) is 6.55. The maximum Gasteiger partial charge on any atom is 0.250 e. The molecule has 1 aromatic carbocycles. The lowest BCUT2D eigenvalue weighted by atomic mass is 10.3. The number of benzene rings is 1. The molecule has 0 bridgehead atoms. The van der Waals surface area contributed by atoms with Gasteiger partial charge in [-0.2, -0.15) is 0 Å². The number of hydrogen-bond donors (Lipinski definition) is 2. The SMILES string of the molecule is O=C(CO)Nc1ccc(F)cc1F. The second-order valence-corrected chi connectivity index (χ2v) is 2.33. The third-order valence-corrected chi connectivity index (χ3v) is 1.35. The van der Waals surface area contributed by atoms with E-state index in [4.69, 9.17) is 5.11 Å². The molecular weight excluding hydrogens is 180 g/mol. The van der Waals surface area contributed by atoms with Gasteiger partial charge < -0.3 is 10.4 Å². The Balaban J connectivity index is 2.83. The summed E-state index contributed by atoms with van der Waals surface area (Å²) in [5.74, 6) is -2.34. The summed E-state index contributed by atoms with van der Waals surface area (Å²) in [6, 6.07) is 2.74. The van der Waals surface area contributed by atoms with E-state index >= 15 is 0 Å². The lowest BCUT2D eigenvalue weighted by Crippen LogP contribution is -2.16. The first-order chi connectivity index (χ1) is 6.13. The van der Waals surface area contributed by atoms with E-state index in [1.807, 2.05) is 0 Å². The highest BCUT2D eigenvalue weighted by Crippen LogP contribution is 2.14. The quantitative estimate of drug-likeness (QED) is 0.722. The Hall–Kier alpha value is -1.49. The summed E-state index contributed by atoms with van der Waals surface area (Å²) in [7, 11) is 0. The number of nitrogens with one attached hydrogen (secondary N) is 1. The minimum atomic E-state index is -0.873. The van der Waals surface area contributed by atoms with Gasteiger partial charge in [-0.25, -0.2) is 8.78 Å². The molecule has 0 radical (unpaired) electrons. The lowest BCUT2D eigenvalue weighted by molar-refractivity contribution is -0.118. The van der Waals surface area contributed by atoms with Gasteiger partial charge >= 0.3 is 0 Å². The van der Waals surface area contributed by atoms with E-state index in [0.29, 0.717) is 6.07 Å². The fourth-order valence-electron chi connectivity index (χ4n) is 0.781. The number of anilines is 1. The molecule has 0 heterocycles. The van der Waals surface area contributed by atoms with Gasteiger partial charge in [-0.15, -0.1) is 0 Å². The molecule has 0 spiro atoms. The molecule has 0 atom stereocenters. The monoisotopic (exact) mass is 187 g/mol. The Bertz CT molecular complexity index is 328. The Morgan fingerprint density at radius 3 is 2.69 bits per heavy atom. The molecule has 1 aromatic rings. The van der Waals surface area contributed by atoms with Crippen LogP contribution >= 0.6 is 0 Å². The molecule has 0 aromatic heterocycles. The summed E-state index contributed by atoms with van der Waals surface area (Å²) in [5, 5.41) is 10.4. The molecule has 0 aliphatic carbocycles. The zero-order valence-electron chi connectivity index (χ0n) is 6.55. The van der Waals surface area contributed by atoms with Gasteiger partial charge in [0, 0.05) is 6.07 Å². The van der Waals surface area contributed by atoms with Crippen molar-refractivity contribution in [2.75, 3.05) is 11.9 Å². The predicted octanol–water partition coefficient (Wildman–Crippen LogP) is 0.896. The van der Waals surface area contributed by atoms with E-state index < -0.39 is 24.1 Å². The standard InChI is InChI=1S/C8H7F2NO2/c9-5-1-2-7(6(10)3-5)11-8(13)4-12/h1-3,12H,4H2,(H,11,13). The van der Waals surface area contributed by atoms with Crippen LogP contribution in [0, 0.1) is 11.6 Å². The molecule has 1 amide bonds. The molecule has 0 saturated carbocycles. The van der Waals surface area contributed by atoms with E-state index in [1.54, 1.807) is 0 Å². The van der Waals surface area contributed by atoms with Crippen LogP contribution in [0.2, 0.25) is 0 Å². The maximum atomic E-state index is 12.8. The number of aliphatic hydroxyl groups excluding tert-OH is 1. The Labute approximate surface area is 73.0 Å². The summed E-state index contributed by atoms with van der Waals surface area (Å²) < 4.78 is 25.2. The van der Waals surface area contributed by atoms with Crippen LogP contribution in [0.3, 0.4) is 0 Å². The van der Waals surface area contributed by atoms with Crippen LogP contribution in [0.5, 0.6) is 0 Å². The first-order valence-electron chi connectivity index (χ1n) is 3.49. The van der Waals surface area contributed by atoms with Gasteiger partial charge in [0.2, 0.25) is 5.91 Å². The second-order valence-electron chi connectivity index (χ2n) is 2.33. The van der Waals surface area contributed by atoms with Crippen LogP contribution in [0.15, 0.2) is 18.2 Å². The molecule has 1 rings (SSSR count). The molecule has 13 heavy (non-hydrogen) atoms. The summed E-state index contributed by atoms with van der Waals surface area (Å²) >= 11 is 0. The molecule has 0 unspecified atom stereocenters. The van der Waals surface area contributed by atoms with Crippen molar-refractivity contribution in [1.29, 1.82) is 0 Å². The van der Waals surface area contributed by atoms with Crippen LogP contribution in [0.1, 0.15) is 0 Å². The van der Waals surface area contributed by atoms with Gasteiger partial charge in [-0.1, -0.05) is 0 Å². The van der Waals surface area contributed by atoms with Crippen molar-refractivity contribution in [2.24, 2.45) is 0 Å². The molecule has 0 aliphatic rings. The topological polar surface area (TPSA) is 49.3 Å². The molecule has 0 fully saturated rings. The molecule has 0 aliphatic heterocycles. The Morgan fingerprint density at radius 2 is 2.15 bits per heavy atom. The molecule has 2 N–H and O–H groups in total. The number of carbonyl (C=O) groups excluding carboxylic acids is 1.